The van der Waals surface area contributed by atoms with E-state index in [-0.39, 0.29) is 5.78 Å². The zero-order valence-electron chi connectivity index (χ0n) is 8.58. The number of benzene rings is 2. The van der Waals surface area contributed by atoms with Gasteiger partial charge in [-0.15, -0.1) is 0 Å². The van der Waals surface area contributed by atoms with E-state index in [1.807, 2.05) is 12.1 Å². The number of hydrogen-bond donors (Lipinski definition) is 0. The van der Waals surface area contributed by atoms with Gasteiger partial charge in [0.15, 0.2) is 5.78 Å². The first-order valence-electron chi connectivity index (χ1n) is 4.83. The van der Waals surface area contributed by atoms with Gasteiger partial charge in [-0.25, -0.2) is 0 Å². The van der Waals surface area contributed by atoms with Crippen molar-refractivity contribution in [2.24, 2.45) is 0 Å². The Kier molecular flexibility index (Phi) is 4.02. The predicted octanol–water partition coefficient (Wildman–Crippen LogP) is 5.10. The average Bonchev–Trinajstić information content (AvgIpc) is 2.33. The number of halogens is 3. The third kappa shape index (κ3) is 2.97. The van der Waals surface area contributed by atoms with E-state index in [2.05, 4.69) is 31.9 Å². The van der Waals surface area contributed by atoms with Crippen LogP contribution in [0.25, 0.3) is 0 Å². The number of rotatable bonds is 2. The summed E-state index contributed by atoms with van der Waals surface area (Å²) in [7, 11) is 0. The van der Waals surface area contributed by atoms with Crippen molar-refractivity contribution in [1.82, 2.24) is 0 Å². The Morgan fingerprint density at radius 3 is 2.12 bits per heavy atom. The molecule has 4 heteroatoms. The normalized spacial score (nSPS) is 10.3. The minimum absolute atomic E-state index is 0.0186. The van der Waals surface area contributed by atoms with Crippen LogP contribution >= 0.6 is 43.5 Å². The lowest BCUT2D eigenvalue weighted by Gasteiger charge is -2.03. The summed E-state index contributed by atoms with van der Waals surface area (Å²) < 4.78 is 1.67. The molecule has 0 bridgehead atoms. The van der Waals surface area contributed by atoms with Crippen LogP contribution in [0.3, 0.4) is 0 Å². The van der Waals surface area contributed by atoms with Gasteiger partial charge in [-0.2, -0.15) is 0 Å². The van der Waals surface area contributed by atoms with Crippen LogP contribution in [0.1, 0.15) is 15.9 Å². The Bertz CT molecular complexity index is 564. The highest BCUT2D eigenvalue weighted by Gasteiger charge is 2.10. The van der Waals surface area contributed by atoms with E-state index in [0.717, 1.165) is 8.95 Å². The summed E-state index contributed by atoms with van der Waals surface area (Å²) in [4.78, 5) is 12.1. The summed E-state index contributed by atoms with van der Waals surface area (Å²) in [5, 5.41) is 0.595. The van der Waals surface area contributed by atoms with Gasteiger partial charge < -0.3 is 0 Å². The second-order valence-electron chi connectivity index (χ2n) is 3.46. The van der Waals surface area contributed by atoms with E-state index in [1.165, 1.54) is 0 Å². The summed E-state index contributed by atoms with van der Waals surface area (Å²) in [6, 6.07) is 12.4. The monoisotopic (exact) mass is 372 g/mol. The maximum Gasteiger partial charge on any atom is 0.193 e. The third-order valence-electron chi connectivity index (χ3n) is 2.29. The molecule has 0 fully saturated rings. The van der Waals surface area contributed by atoms with Crippen molar-refractivity contribution in [2.45, 2.75) is 0 Å². The SMILES string of the molecule is O=C(c1ccc(Br)cc1)c1ccc(Cl)c(Br)c1. The first kappa shape index (κ1) is 12.8. The van der Waals surface area contributed by atoms with E-state index in [0.29, 0.717) is 16.1 Å². The number of ketones is 1. The standard InChI is InChI=1S/C13H7Br2ClO/c14-10-4-1-8(2-5-10)13(17)9-3-6-12(16)11(15)7-9/h1-7H. The van der Waals surface area contributed by atoms with Crippen LogP contribution in [0.4, 0.5) is 0 Å². The molecule has 0 aliphatic carbocycles. The lowest BCUT2D eigenvalue weighted by molar-refractivity contribution is 0.103. The van der Waals surface area contributed by atoms with Gasteiger partial charge in [0.05, 0.1) is 5.02 Å². The molecule has 2 aromatic carbocycles. The molecule has 0 heterocycles. The highest BCUT2D eigenvalue weighted by atomic mass is 79.9. The second-order valence-corrected chi connectivity index (χ2v) is 5.64. The van der Waals surface area contributed by atoms with Crippen molar-refractivity contribution >= 4 is 49.2 Å². The molecule has 2 rings (SSSR count). The van der Waals surface area contributed by atoms with Gasteiger partial charge in [0.2, 0.25) is 0 Å². The largest absolute Gasteiger partial charge is 0.289 e. The fourth-order valence-corrected chi connectivity index (χ4v) is 2.17. The van der Waals surface area contributed by atoms with Crippen molar-refractivity contribution < 1.29 is 4.79 Å². The molecule has 0 saturated carbocycles. The summed E-state index contributed by atoms with van der Waals surface area (Å²) in [6.07, 6.45) is 0. The maximum atomic E-state index is 12.1. The Hall–Kier alpha value is -0.640. The zero-order valence-corrected chi connectivity index (χ0v) is 12.5. The molecule has 0 aromatic heterocycles. The van der Waals surface area contributed by atoms with Gasteiger partial charge >= 0.3 is 0 Å². The molecule has 0 unspecified atom stereocenters. The fraction of sp³-hybridized carbons (Fsp3) is 0. The first-order valence-corrected chi connectivity index (χ1v) is 6.79. The van der Waals surface area contributed by atoms with Crippen LogP contribution < -0.4 is 0 Å². The molecule has 0 spiro atoms. The van der Waals surface area contributed by atoms with E-state index in [1.54, 1.807) is 30.3 Å². The molecule has 86 valence electrons. The first-order chi connectivity index (χ1) is 8.08. The molecule has 0 radical (unpaired) electrons. The van der Waals surface area contributed by atoms with Crippen LogP contribution in [0, 0.1) is 0 Å². The van der Waals surface area contributed by atoms with Crippen LogP contribution in [0.5, 0.6) is 0 Å². The highest BCUT2D eigenvalue weighted by molar-refractivity contribution is 9.10. The predicted molar refractivity (Wildman–Crippen MR) is 76.7 cm³/mol. The lowest BCUT2D eigenvalue weighted by atomic mass is 10.0. The maximum absolute atomic E-state index is 12.1. The van der Waals surface area contributed by atoms with Gasteiger partial charge in [-0.1, -0.05) is 27.5 Å². The minimum atomic E-state index is -0.0186. The molecule has 1 nitrogen and oxygen atoms in total. The lowest BCUT2D eigenvalue weighted by Crippen LogP contribution is -2.00. The van der Waals surface area contributed by atoms with Crippen molar-refractivity contribution in [3.8, 4) is 0 Å². The third-order valence-corrected chi connectivity index (χ3v) is 4.03. The molecule has 0 atom stereocenters. The number of hydrogen-bond acceptors (Lipinski definition) is 1. The molecule has 0 aliphatic rings. The molecule has 0 aliphatic heterocycles. The van der Waals surface area contributed by atoms with E-state index < -0.39 is 0 Å². The van der Waals surface area contributed by atoms with Crippen molar-refractivity contribution in [1.29, 1.82) is 0 Å². The molecule has 17 heavy (non-hydrogen) atoms. The van der Waals surface area contributed by atoms with Crippen LogP contribution in [-0.2, 0) is 0 Å². The van der Waals surface area contributed by atoms with Crippen LogP contribution in [-0.4, -0.2) is 5.78 Å². The van der Waals surface area contributed by atoms with Crippen LogP contribution in [0.15, 0.2) is 51.4 Å². The highest BCUT2D eigenvalue weighted by Crippen LogP contribution is 2.24. The van der Waals surface area contributed by atoms with Gasteiger partial charge in [0.1, 0.15) is 0 Å². The smallest absolute Gasteiger partial charge is 0.193 e. The number of carbonyl (C=O) groups is 1. The average molecular weight is 374 g/mol. The quantitative estimate of drug-likeness (QED) is 0.669. The molecular formula is C13H7Br2ClO. The van der Waals surface area contributed by atoms with Gasteiger partial charge in [0, 0.05) is 20.1 Å². The van der Waals surface area contributed by atoms with Crippen molar-refractivity contribution in [2.75, 3.05) is 0 Å². The summed E-state index contributed by atoms with van der Waals surface area (Å²) >= 11 is 12.5. The van der Waals surface area contributed by atoms with E-state index in [9.17, 15) is 4.79 Å². The molecule has 2 aromatic rings. The van der Waals surface area contributed by atoms with Crippen LogP contribution in [0.2, 0.25) is 5.02 Å². The Labute approximate surface area is 121 Å². The Morgan fingerprint density at radius 1 is 0.941 bits per heavy atom. The molecule has 0 saturated heterocycles. The van der Waals surface area contributed by atoms with Crippen molar-refractivity contribution in [3.05, 3.63) is 67.6 Å². The summed E-state index contributed by atoms with van der Waals surface area (Å²) in [5.74, 6) is -0.0186. The second kappa shape index (κ2) is 5.34. The van der Waals surface area contributed by atoms with Gasteiger partial charge in [0.25, 0.3) is 0 Å². The summed E-state index contributed by atoms with van der Waals surface area (Å²) in [5.41, 5.74) is 1.27. The van der Waals surface area contributed by atoms with Crippen molar-refractivity contribution in [3.63, 3.8) is 0 Å². The van der Waals surface area contributed by atoms with Gasteiger partial charge in [-0.05, 0) is 58.4 Å². The van der Waals surface area contributed by atoms with E-state index >= 15 is 0 Å². The zero-order chi connectivity index (χ0) is 12.4. The Balaban J connectivity index is 2.37. The van der Waals surface area contributed by atoms with Gasteiger partial charge in [-0.3, -0.25) is 4.79 Å². The summed E-state index contributed by atoms with van der Waals surface area (Å²) in [6.45, 7) is 0. The Morgan fingerprint density at radius 2 is 1.53 bits per heavy atom. The topological polar surface area (TPSA) is 17.1 Å². The molecule has 0 amide bonds. The minimum Gasteiger partial charge on any atom is -0.289 e. The number of carbonyl (C=O) groups excluding carboxylic acids is 1. The molecular weight excluding hydrogens is 367 g/mol. The fourth-order valence-electron chi connectivity index (χ4n) is 1.41. The van der Waals surface area contributed by atoms with E-state index in [4.69, 9.17) is 11.6 Å². The molecule has 0 N–H and O–H groups in total.